The molecule has 4 rings (SSSR count). The standard InChI is InChI=1S/C21H20N6O3/c1-12-18(19(22)27(25-12)16-8-3-4-9-24-16)15-11-17(28)26(21(15)30)14-7-5-6-13(10-14)20(29)23-2/h3-10,15H,11,22H2,1-2H3,(H,23,29)/t15-/m1/s1. The number of carbonyl (C=O) groups is 3. The van der Waals surface area contributed by atoms with Crippen molar-refractivity contribution in [2.24, 2.45) is 0 Å². The summed E-state index contributed by atoms with van der Waals surface area (Å²) in [6.07, 6.45) is 1.60. The van der Waals surface area contributed by atoms with Crippen molar-refractivity contribution in [3.05, 3.63) is 65.5 Å². The predicted octanol–water partition coefficient (Wildman–Crippen LogP) is 1.56. The van der Waals surface area contributed by atoms with Gasteiger partial charge in [0.05, 0.1) is 17.3 Å². The van der Waals surface area contributed by atoms with Crippen LogP contribution in [0.2, 0.25) is 0 Å². The van der Waals surface area contributed by atoms with Gasteiger partial charge in [-0.3, -0.25) is 14.4 Å². The number of rotatable bonds is 4. The lowest BCUT2D eigenvalue weighted by Gasteiger charge is -2.16. The predicted molar refractivity (Wildman–Crippen MR) is 110 cm³/mol. The number of nitrogens with two attached hydrogens (primary N) is 1. The molecule has 0 radical (unpaired) electrons. The lowest BCUT2D eigenvalue weighted by Crippen LogP contribution is -2.30. The average molecular weight is 404 g/mol. The fourth-order valence-corrected chi connectivity index (χ4v) is 3.70. The van der Waals surface area contributed by atoms with Gasteiger partial charge < -0.3 is 11.1 Å². The van der Waals surface area contributed by atoms with E-state index in [0.717, 1.165) is 4.90 Å². The van der Waals surface area contributed by atoms with Gasteiger partial charge in [-0.1, -0.05) is 12.1 Å². The van der Waals surface area contributed by atoms with Crippen molar-refractivity contribution in [2.45, 2.75) is 19.3 Å². The zero-order chi connectivity index (χ0) is 21.4. The third-order valence-electron chi connectivity index (χ3n) is 5.10. The molecule has 2 aromatic heterocycles. The largest absolute Gasteiger partial charge is 0.383 e. The highest BCUT2D eigenvalue weighted by atomic mass is 16.2. The lowest BCUT2D eigenvalue weighted by molar-refractivity contribution is -0.121. The van der Waals surface area contributed by atoms with Crippen LogP contribution in [0.15, 0.2) is 48.7 Å². The molecule has 1 aliphatic heterocycles. The second-order valence-corrected chi connectivity index (χ2v) is 6.94. The molecule has 1 fully saturated rings. The number of nitrogens with one attached hydrogen (secondary N) is 1. The molecule has 0 saturated carbocycles. The number of nitrogen functional groups attached to an aromatic ring is 1. The van der Waals surface area contributed by atoms with Crippen molar-refractivity contribution in [3.8, 4) is 5.82 Å². The molecule has 1 atom stereocenters. The molecule has 9 nitrogen and oxygen atoms in total. The van der Waals surface area contributed by atoms with E-state index in [9.17, 15) is 14.4 Å². The number of aryl methyl sites for hydroxylation is 1. The maximum atomic E-state index is 13.2. The van der Waals surface area contributed by atoms with Crippen LogP contribution in [0.1, 0.15) is 34.0 Å². The second-order valence-electron chi connectivity index (χ2n) is 6.94. The van der Waals surface area contributed by atoms with Crippen LogP contribution in [0.4, 0.5) is 11.5 Å². The van der Waals surface area contributed by atoms with Crippen LogP contribution in [0, 0.1) is 6.92 Å². The van der Waals surface area contributed by atoms with Gasteiger partial charge in [-0.25, -0.2) is 9.88 Å². The first-order valence-electron chi connectivity index (χ1n) is 9.37. The fourth-order valence-electron chi connectivity index (χ4n) is 3.70. The molecule has 0 spiro atoms. The van der Waals surface area contributed by atoms with Crippen LogP contribution in [-0.2, 0) is 9.59 Å². The first-order chi connectivity index (χ1) is 14.4. The molecule has 152 valence electrons. The van der Waals surface area contributed by atoms with E-state index in [1.165, 1.54) is 17.8 Å². The Kier molecular flexibility index (Phi) is 4.78. The van der Waals surface area contributed by atoms with E-state index in [4.69, 9.17) is 5.73 Å². The van der Waals surface area contributed by atoms with Crippen molar-refractivity contribution in [3.63, 3.8) is 0 Å². The van der Waals surface area contributed by atoms with Crippen molar-refractivity contribution < 1.29 is 14.4 Å². The number of imide groups is 1. The zero-order valence-electron chi connectivity index (χ0n) is 16.5. The highest BCUT2D eigenvalue weighted by Crippen LogP contribution is 2.38. The van der Waals surface area contributed by atoms with E-state index in [-0.39, 0.29) is 24.1 Å². The van der Waals surface area contributed by atoms with Crippen LogP contribution in [0.5, 0.6) is 0 Å². The number of nitrogens with zero attached hydrogens (tertiary/aromatic N) is 4. The fraction of sp³-hybridized carbons (Fsp3) is 0.190. The summed E-state index contributed by atoms with van der Waals surface area (Å²) in [7, 11) is 1.52. The quantitative estimate of drug-likeness (QED) is 0.636. The minimum atomic E-state index is -0.751. The van der Waals surface area contributed by atoms with Gasteiger partial charge in [0.1, 0.15) is 5.82 Å². The van der Waals surface area contributed by atoms with Crippen molar-refractivity contribution >= 4 is 29.2 Å². The van der Waals surface area contributed by atoms with Gasteiger partial charge in [0.2, 0.25) is 11.8 Å². The Hall–Kier alpha value is -4.01. The first-order valence-corrected chi connectivity index (χ1v) is 9.37. The van der Waals surface area contributed by atoms with E-state index in [1.54, 1.807) is 43.5 Å². The Morgan fingerprint density at radius 2 is 2.00 bits per heavy atom. The summed E-state index contributed by atoms with van der Waals surface area (Å²) < 4.78 is 1.47. The molecular weight excluding hydrogens is 384 g/mol. The maximum Gasteiger partial charge on any atom is 0.251 e. The summed E-state index contributed by atoms with van der Waals surface area (Å²) in [6, 6.07) is 11.7. The van der Waals surface area contributed by atoms with Crippen molar-refractivity contribution in [1.29, 1.82) is 0 Å². The number of amides is 3. The van der Waals surface area contributed by atoms with E-state index in [1.807, 2.05) is 6.07 Å². The number of anilines is 2. The molecule has 9 heteroatoms. The van der Waals surface area contributed by atoms with Gasteiger partial charge in [0.15, 0.2) is 5.82 Å². The highest BCUT2D eigenvalue weighted by molar-refractivity contribution is 6.23. The maximum absolute atomic E-state index is 13.2. The zero-order valence-corrected chi connectivity index (χ0v) is 16.5. The smallest absolute Gasteiger partial charge is 0.251 e. The molecule has 0 unspecified atom stereocenters. The number of benzene rings is 1. The molecule has 3 aromatic rings. The molecule has 1 aromatic carbocycles. The number of carbonyl (C=O) groups excluding carboxylic acids is 3. The Morgan fingerprint density at radius 3 is 2.70 bits per heavy atom. The summed E-state index contributed by atoms with van der Waals surface area (Å²) >= 11 is 0. The highest BCUT2D eigenvalue weighted by Gasteiger charge is 2.43. The van der Waals surface area contributed by atoms with Gasteiger partial charge in [0.25, 0.3) is 5.91 Å². The van der Waals surface area contributed by atoms with Crippen LogP contribution >= 0.6 is 0 Å². The number of hydrogen-bond acceptors (Lipinski definition) is 6. The summed E-state index contributed by atoms with van der Waals surface area (Å²) in [5, 5.41) is 6.95. The minimum absolute atomic E-state index is 0.0258. The molecular formula is C21H20N6O3. The van der Waals surface area contributed by atoms with E-state index < -0.39 is 11.8 Å². The number of aromatic nitrogens is 3. The Morgan fingerprint density at radius 1 is 1.20 bits per heavy atom. The van der Waals surface area contributed by atoms with Gasteiger partial charge >= 0.3 is 0 Å². The second kappa shape index (κ2) is 7.43. The Bertz CT molecular complexity index is 1150. The third kappa shape index (κ3) is 3.10. The molecule has 30 heavy (non-hydrogen) atoms. The van der Waals surface area contributed by atoms with Crippen LogP contribution in [0.25, 0.3) is 5.82 Å². The monoisotopic (exact) mass is 404 g/mol. The van der Waals surface area contributed by atoms with Gasteiger partial charge in [-0.15, -0.1) is 0 Å². The van der Waals surface area contributed by atoms with Crippen molar-refractivity contribution in [2.75, 3.05) is 17.7 Å². The average Bonchev–Trinajstić information content (AvgIpc) is 3.22. The minimum Gasteiger partial charge on any atom is -0.383 e. The first kappa shape index (κ1) is 19.3. The molecule has 3 N–H and O–H groups in total. The van der Waals surface area contributed by atoms with Crippen LogP contribution < -0.4 is 16.0 Å². The van der Waals surface area contributed by atoms with Crippen LogP contribution in [-0.4, -0.2) is 39.5 Å². The summed E-state index contributed by atoms with van der Waals surface area (Å²) in [5.74, 6) is -1.01. The summed E-state index contributed by atoms with van der Waals surface area (Å²) in [5.41, 5.74) is 8.10. The molecule has 3 amide bonds. The Balaban J connectivity index is 1.71. The topological polar surface area (TPSA) is 123 Å². The summed E-state index contributed by atoms with van der Waals surface area (Å²) in [4.78, 5) is 43.2. The van der Waals surface area contributed by atoms with Crippen LogP contribution in [0.3, 0.4) is 0 Å². The van der Waals surface area contributed by atoms with Gasteiger partial charge in [0, 0.05) is 30.8 Å². The number of pyridine rings is 1. The van der Waals surface area contributed by atoms with E-state index >= 15 is 0 Å². The Labute approximate surface area is 172 Å². The van der Waals surface area contributed by atoms with E-state index in [0.29, 0.717) is 28.3 Å². The molecule has 1 aliphatic rings. The summed E-state index contributed by atoms with van der Waals surface area (Å²) in [6.45, 7) is 1.75. The molecule has 0 aliphatic carbocycles. The molecule has 1 saturated heterocycles. The normalized spacial score (nSPS) is 16.2. The molecule has 0 bridgehead atoms. The third-order valence-corrected chi connectivity index (χ3v) is 5.10. The van der Waals surface area contributed by atoms with Gasteiger partial charge in [-0.2, -0.15) is 9.78 Å². The van der Waals surface area contributed by atoms with E-state index in [2.05, 4.69) is 15.4 Å². The number of hydrogen-bond donors (Lipinski definition) is 2. The molecule has 3 heterocycles. The lowest BCUT2D eigenvalue weighted by atomic mass is 9.97. The van der Waals surface area contributed by atoms with Gasteiger partial charge in [-0.05, 0) is 37.3 Å². The van der Waals surface area contributed by atoms with Crippen molar-refractivity contribution in [1.82, 2.24) is 20.1 Å². The SMILES string of the molecule is CNC(=O)c1cccc(N2C(=O)C[C@H](c3c(C)nn(-c4ccccn4)c3N)C2=O)c1.